The van der Waals surface area contributed by atoms with Crippen LogP contribution in [0.4, 0.5) is 11.4 Å². The maximum Gasteiger partial charge on any atom is 0.263 e. The molecule has 29 heavy (non-hydrogen) atoms. The second kappa shape index (κ2) is 8.67. The zero-order valence-electron chi connectivity index (χ0n) is 16.5. The number of aryl methyl sites for hydroxylation is 1. The van der Waals surface area contributed by atoms with E-state index in [1.807, 2.05) is 62.3 Å². The highest BCUT2D eigenvalue weighted by Crippen LogP contribution is 2.25. The van der Waals surface area contributed by atoms with E-state index in [0.717, 1.165) is 28.2 Å². The Bertz CT molecular complexity index is 1100. The van der Waals surface area contributed by atoms with Gasteiger partial charge in [0.15, 0.2) is 0 Å². The smallest absolute Gasteiger partial charge is 0.263 e. The Balaban J connectivity index is 1.74. The Hall–Kier alpha value is -2.84. The molecule has 152 valence electrons. The van der Waals surface area contributed by atoms with Gasteiger partial charge in [0.25, 0.3) is 15.9 Å². The standard InChI is InChI=1S/C21H23N3O3S2/c1-15-7-9-17(10-8-15)23-29(26,27)19-11-12-28-20(19)21(25)22-14-16-5-4-6-18(13-16)24(2)3/h4-13,23H,14H2,1-3H3,(H,22,25). The molecule has 0 spiro atoms. The lowest BCUT2D eigenvalue weighted by Gasteiger charge is -2.14. The van der Waals surface area contributed by atoms with E-state index in [1.165, 1.54) is 6.07 Å². The molecule has 0 saturated carbocycles. The molecule has 2 N–H and O–H groups in total. The number of nitrogens with zero attached hydrogens (tertiary/aromatic N) is 1. The molecule has 0 unspecified atom stereocenters. The van der Waals surface area contributed by atoms with Crippen LogP contribution >= 0.6 is 11.3 Å². The second-order valence-electron chi connectivity index (χ2n) is 6.83. The molecule has 0 aliphatic heterocycles. The van der Waals surface area contributed by atoms with Gasteiger partial charge in [-0.05, 0) is 48.2 Å². The molecule has 8 heteroatoms. The molecule has 6 nitrogen and oxygen atoms in total. The van der Waals surface area contributed by atoms with Gasteiger partial charge in [-0.15, -0.1) is 11.3 Å². The Morgan fingerprint density at radius 1 is 1.07 bits per heavy atom. The minimum atomic E-state index is -3.87. The molecular formula is C21H23N3O3S2. The first-order valence-electron chi connectivity index (χ1n) is 8.98. The summed E-state index contributed by atoms with van der Waals surface area (Å²) in [6.07, 6.45) is 0. The molecule has 3 rings (SSSR count). The van der Waals surface area contributed by atoms with Crippen molar-refractivity contribution in [2.45, 2.75) is 18.4 Å². The third-order valence-electron chi connectivity index (χ3n) is 4.31. The average molecular weight is 430 g/mol. The van der Waals surface area contributed by atoms with Gasteiger partial charge in [-0.25, -0.2) is 8.42 Å². The zero-order chi connectivity index (χ0) is 21.0. The van der Waals surface area contributed by atoms with Crippen LogP contribution in [-0.2, 0) is 16.6 Å². The predicted octanol–water partition coefficient (Wildman–Crippen LogP) is 3.85. The number of nitrogens with one attached hydrogen (secondary N) is 2. The lowest BCUT2D eigenvalue weighted by Crippen LogP contribution is -2.24. The Kier molecular flexibility index (Phi) is 6.24. The SMILES string of the molecule is Cc1ccc(NS(=O)(=O)c2ccsc2C(=O)NCc2cccc(N(C)C)c2)cc1. The van der Waals surface area contributed by atoms with Crippen molar-refractivity contribution in [3.8, 4) is 0 Å². The molecule has 0 fully saturated rings. The summed E-state index contributed by atoms with van der Waals surface area (Å²) < 4.78 is 28.1. The van der Waals surface area contributed by atoms with Crippen molar-refractivity contribution in [3.05, 3.63) is 76.0 Å². The highest BCUT2D eigenvalue weighted by atomic mass is 32.2. The Labute approximate surface area is 175 Å². The summed E-state index contributed by atoms with van der Waals surface area (Å²) in [4.78, 5) is 14.8. The third kappa shape index (κ3) is 5.16. The van der Waals surface area contributed by atoms with Crippen LogP contribution in [-0.4, -0.2) is 28.4 Å². The maximum absolute atomic E-state index is 12.8. The van der Waals surface area contributed by atoms with Gasteiger partial charge in [0.1, 0.15) is 9.77 Å². The number of rotatable bonds is 7. The second-order valence-corrected chi connectivity index (χ2v) is 9.40. The molecule has 0 aliphatic rings. The van der Waals surface area contributed by atoms with Crippen LogP contribution in [0.15, 0.2) is 64.9 Å². The molecule has 0 aliphatic carbocycles. The van der Waals surface area contributed by atoms with Crippen LogP contribution in [0.1, 0.15) is 20.8 Å². The van der Waals surface area contributed by atoms with Crippen molar-refractivity contribution in [1.82, 2.24) is 5.32 Å². The average Bonchev–Trinajstić information content (AvgIpc) is 3.19. The summed E-state index contributed by atoms with van der Waals surface area (Å²) in [5.74, 6) is -0.417. The van der Waals surface area contributed by atoms with E-state index in [4.69, 9.17) is 0 Å². The quantitative estimate of drug-likeness (QED) is 0.598. The van der Waals surface area contributed by atoms with E-state index in [1.54, 1.807) is 17.5 Å². The summed E-state index contributed by atoms with van der Waals surface area (Å²) in [6, 6.07) is 16.3. The topological polar surface area (TPSA) is 78.5 Å². The largest absolute Gasteiger partial charge is 0.378 e. The van der Waals surface area contributed by atoms with Gasteiger partial charge in [0, 0.05) is 32.0 Å². The van der Waals surface area contributed by atoms with Crippen molar-refractivity contribution in [2.75, 3.05) is 23.7 Å². The number of benzene rings is 2. The van der Waals surface area contributed by atoms with Gasteiger partial charge in [-0.3, -0.25) is 9.52 Å². The molecule has 0 bridgehead atoms. The van der Waals surface area contributed by atoms with Crippen LogP contribution in [0.2, 0.25) is 0 Å². The fourth-order valence-electron chi connectivity index (χ4n) is 2.71. The van der Waals surface area contributed by atoms with E-state index in [9.17, 15) is 13.2 Å². The number of thiophene rings is 1. The van der Waals surface area contributed by atoms with Crippen LogP contribution in [0.5, 0.6) is 0 Å². The normalized spacial score (nSPS) is 11.1. The van der Waals surface area contributed by atoms with Crippen LogP contribution < -0.4 is 14.9 Å². The van der Waals surface area contributed by atoms with Crippen LogP contribution in [0.3, 0.4) is 0 Å². The summed E-state index contributed by atoms with van der Waals surface area (Å²) in [5, 5.41) is 4.41. The van der Waals surface area contributed by atoms with Gasteiger partial charge in [-0.1, -0.05) is 29.8 Å². The monoisotopic (exact) mass is 429 g/mol. The van der Waals surface area contributed by atoms with E-state index in [-0.39, 0.29) is 9.77 Å². The molecule has 0 atom stereocenters. The summed E-state index contributed by atoms with van der Waals surface area (Å²) in [6.45, 7) is 2.23. The van der Waals surface area contributed by atoms with Gasteiger partial charge in [0.05, 0.1) is 0 Å². The highest BCUT2D eigenvalue weighted by molar-refractivity contribution is 7.93. The number of hydrogen-bond donors (Lipinski definition) is 2. The van der Waals surface area contributed by atoms with Gasteiger partial charge in [0.2, 0.25) is 0 Å². The lowest BCUT2D eigenvalue weighted by molar-refractivity contribution is 0.0952. The number of hydrogen-bond acceptors (Lipinski definition) is 5. The maximum atomic E-state index is 12.8. The number of amides is 1. The van der Waals surface area contributed by atoms with Crippen LogP contribution in [0, 0.1) is 6.92 Å². The molecular weight excluding hydrogens is 406 g/mol. The van der Waals surface area contributed by atoms with E-state index < -0.39 is 15.9 Å². The molecule has 1 aromatic heterocycles. The van der Waals surface area contributed by atoms with Gasteiger partial charge < -0.3 is 10.2 Å². The first-order valence-corrected chi connectivity index (χ1v) is 11.3. The summed E-state index contributed by atoms with van der Waals surface area (Å²) in [7, 11) is 0.0254. The molecule has 1 heterocycles. The van der Waals surface area contributed by atoms with Crippen molar-refractivity contribution in [2.24, 2.45) is 0 Å². The predicted molar refractivity (Wildman–Crippen MR) is 118 cm³/mol. The fraction of sp³-hybridized carbons (Fsp3) is 0.190. The van der Waals surface area contributed by atoms with Crippen molar-refractivity contribution in [1.29, 1.82) is 0 Å². The molecule has 0 radical (unpaired) electrons. The molecule has 3 aromatic rings. The minimum Gasteiger partial charge on any atom is -0.378 e. The van der Waals surface area contributed by atoms with Gasteiger partial charge >= 0.3 is 0 Å². The fourth-order valence-corrected chi connectivity index (χ4v) is 5.12. The van der Waals surface area contributed by atoms with E-state index >= 15 is 0 Å². The lowest BCUT2D eigenvalue weighted by atomic mass is 10.2. The van der Waals surface area contributed by atoms with E-state index in [0.29, 0.717) is 12.2 Å². The summed E-state index contributed by atoms with van der Waals surface area (Å²) in [5.41, 5.74) is 3.44. The Morgan fingerprint density at radius 3 is 2.48 bits per heavy atom. The number of anilines is 2. The Morgan fingerprint density at radius 2 is 1.79 bits per heavy atom. The van der Waals surface area contributed by atoms with Crippen LogP contribution in [0.25, 0.3) is 0 Å². The van der Waals surface area contributed by atoms with Crippen molar-refractivity contribution in [3.63, 3.8) is 0 Å². The van der Waals surface area contributed by atoms with Gasteiger partial charge in [-0.2, -0.15) is 0 Å². The zero-order valence-corrected chi connectivity index (χ0v) is 18.1. The first-order chi connectivity index (χ1) is 13.8. The number of carbonyl (C=O) groups excluding carboxylic acids is 1. The minimum absolute atomic E-state index is 0.0254. The summed E-state index contributed by atoms with van der Waals surface area (Å²) >= 11 is 1.10. The molecule has 2 aromatic carbocycles. The van der Waals surface area contributed by atoms with Crippen molar-refractivity contribution >= 4 is 38.6 Å². The number of sulfonamides is 1. The molecule has 1 amide bonds. The first kappa shape index (κ1) is 20.9. The molecule has 0 saturated heterocycles. The third-order valence-corrected chi connectivity index (χ3v) is 6.77. The van der Waals surface area contributed by atoms with E-state index in [2.05, 4.69) is 10.0 Å². The highest BCUT2D eigenvalue weighted by Gasteiger charge is 2.24. The van der Waals surface area contributed by atoms with Crippen molar-refractivity contribution < 1.29 is 13.2 Å². The number of carbonyl (C=O) groups is 1.